The smallest absolute Gasteiger partial charge is 0.137 e. The second kappa shape index (κ2) is 7.61. The second-order valence-electron chi connectivity index (χ2n) is 4.61. The van der Waals surface area contributed by atoms with Gasteiger partial charge in [-0.05, 0) is 19.1 Å². The van der Waals surface area contributed by atoms with Crippen molar-refractivity contribution in [2.45, 2.75) is 19.1 Å². The Morgan fingerprint density at radius 1 is 1.45 bits per heavy atom. The maximum atomic E-state index is 11.1. The summed E-state index contributed by atoms with van der Waals surface area (Å²) in [6.07, 6.45) is 2.90. The van der Waals surface area contributed by atoms with Crippen LogP contribution in [0.1, 0.15) is 12.5 Å². The van der Waals surface area contributed by atoms with Gasteiger partial charge in [0.1, 0.15) is 18.3 Å². The number of aromatic nitrogens is 3. The Kier molecular flexibility index (Phi) is 6.05. The van der Waals surface area contributed by atoms with Crippen molar-refractivity contribution in [2.24, 2.45) is 0 Å². The van der Waals surface area contributed by atoms with Crippen LogP contribution in [0, 0.1) is 0 Å². The molecule has 0 amide bonds. The highest BCUT2D eigenvalue weighted by Gasteiger charge is 2.33. The van der Waals surface area contributed by atoms with Crippen LogP contribution in [0.5, 0.6) is 0 Å². The number of aliphatic hydroxyl groups is 1. The number of nitrogens with zero attached hydrogens (tertiary/aromatic N) is 3. The molecule has 0 aliphatic rings. The number of halogens is 2. The quantitative estimate of drug-likeness (QED) is 0.810. The molecule has 0 bridgehead atoms. The zero-order chi connectivity index (χ0) is 16.2. The average Bonchev–Trinajstić information content (AvgIpc) is 2.97. The molecule has 1 heterocycles. The predicted molar refractivity (Wildman–Crippen MR) is 91.7 cm³/mol. The number of hydrogen-bond acceptors (Lipinski definition) is 5. The molecule has 1 unspecified atom stereocenters. The SMILES string of the molecule is CC(SCC(O)(Cn1cncn1)c1ccc(Cl)cc1Cl)=S=O. The summed E-state index contributed by atoms with van der Waals surface area (Å²) in [7, 11) is 0. The highest BCUT2D eigenvalue weighted by Crippen LogP contribution is 2.34. The molecule has 0 aliphatic heterocycles. The van der Waals surface area contributed by atoms with E-state index in [0.29, 0.717) is 31.1 Å². The van der Waals surface area contributed by atoms with Gasteiger partial charge < -0.3 is 5.11 Å². The lowest BCUT2D eigenvalue weighted by molar-refractivity contribution is 0.0399. The summed E-state index contributed by atoms with van der Waals surface area (Å²) < 4.78 is 12.9. The number of thioether (sulfide) groups is 1. The fourth-order valence-electron chi connectivity index (χ4n) is 1.90. The first-order chi connectivity index (χ1) is 10.4. The van der Waals surface area contributed by atoms with E-state index in [1.54, 1.807) is 25.1 Å². The summed E-state index contributed by atoms with van der Waals surface area (Å²) >= 11 is 13.8. The second-order valence-corrected chi connectivity index (χ2v) is 7.68. The summed E-state index contributed by atoms with van der Waals surface area (Å²) in [5.74, 6) is 0.259. The van der Waals surface area contributed by atoms with Crippen LogP contribution in [-0.4, -0.2) is 34.0 Å². The first kappa shape index (κ1) is 17.5. The standard InChI is InChI=1S/C13H13Cl2N3O2S2/c1-9(22-20)21-6-13(19,5-18-8-16-7-17-18)11-3-2-10(14)4-12(11)15/h2-4,7-8,19H,5-6H2,1H3. The van der Waals surface area contributed by atoms with Crippen molar-refractivity contribution < 1.29 is 9.32 Å². The lowest BCUT2D eigenvalue weighted by atomic mass is 9.95. The summed E-state index contributed by atoms with van der Waals surface area (Å²) in [4.78, 5) is 3.87. The minimum Gasteiger partial charge on any atom is -0.382 e. The number of rotatable bonds is 5. The molecule has 5 nitrogen and oxygen atoms in total. The Morgan fingerprint density at radius 3 is 2.82 bits per heavy atom. The third-order valence-corrected chi connectivity index (χ3v) is 5.32. The van der Waals surface area contributed by atoms with Crippen LogP contribution in [-0.2, 0) is 23.4 Å². The molecule has 1 aromatic heterocycles. The molecule has 1 N–H and O–H groups in total. The molecule has 0 saturated heterocycles. The first-order valence-corrected chi connectivity index (χ1v) is 8.69. The third-order valence-electron chi connectivity index (χ3n) is 2.95. The van der Waals surface area contributed by atoms with Crippen LogP contribution in [0.4, 0.5) is 0 Å². The first-order valence-electron chi connectivity index (χ1n) is 6.21. The van der Waals surface area contributed by atoms with Crippen molar-refractivity contribution in [3.63, 3.8) is 0 Å². The van der Waals surface area contributed by atoms with Gasteiger partial charge in [-0.3, -0.25) is 0 Å². The van der Waals surface area contributed by atoms with Gasteiger partial charge in [0.15, 0.2) is 0 Å². The molecule has 2 rings (SSSR count). The lowest BCUT2D eigenvalue weighted by Gasteiger charge is -2.29. The molecule has 2 aromatic rings. The van der Waals surface area contributed by atoms with Gasteiger partial charge in [0, 0.05) is 21.4 Å². The monoisotopic (exact) mass is 377 g/mol. The van der Waals surface area contributed by atoms with Crippen LogP contribution in [0.25, 0.3) is 0 Å². The Bertz CT molecular complexity index is 705. The molecule has 1 atom stereocenters. The van der Waals surface area contributed by atoms with Gasteiger partial charge in [-0.15, -0.1) is 11.8 Å². The Morgan fingerprint density at radius 2 is 2.23 bits per heavy atom. The van der Waals surface area contributed by atoms with Gasteiger partial charge in [-0.25, -0.2) is 13.9 Å². The van der Waals surface area contributed by atoms with Crippen LogP contribution < -0.4 is 0 Å². The van der Waals surface area contributed by atoms with Gasteiger partial charge in [-0.1, -0.05) is 29.3 Å². The number of hydrogen-bond donors (Lipinski definition) is 1. The molecule has 9 heteroatoms. The molecular formula is C13H13Cl2N3O2S2. The summed E-state index contributed by atoms with van der Waals surface area (Å²) in [5, 5.41) is 16.0. The van der Waals surface area contributed by atoms with E-state index in [1.807, 2.05) is 0 Å². The highest BCUT2D eigenvalue weighted by molar-refractivity contribution is 8.20. The molecule has 1 aromatic carbocycles. The van der Waals surface area contributed by atoms with Crippen molar-refractivity contribution in [3.8, 4) is 0 Å². The maximum absolute atomic E-state index is 11.1. The van der Waals surface area contributed by atoms with Crippen LogP contribution in [0.2, 0.25) is 10.0 Å². The van der Waals surface area contributed by atoms with E-state index in [-0.39, 0.29) is 12.3 Å². The Labute approximate surface area is 145 Å². The van der Waals surface area contributed by atoms with Gasteiger partial charge in [0.25, 0.3) is 0 Å². The molecular weight excluding hydrogens is 365 g/mol. The maximum Gasteiger partial charge on any atom is 0.137 e. The molecule has 22 heavy (non-hydrogen) atoms. The van der Waals surface area contributed by atoms with Gasteiger partial charge >= 0.3 is 0 Å². The van der Waals surface area contributed by atoms with Gasteiger partial charge in [0.2, 0.25) is 0 Å². The normalized spacial score (nSPS) is 13.6. The summed E-state index contributed by atoms with van der Waals surface area (Å²) in [5.41, 5.74) is -0.776. The van der Waals surface area contributed by atoms with E-state index in [4.69, 9.17) is 23.2 Å². The minimum absolute atomic E-state index is 0.165. The van der Waals surface area contributed by atoms with E-state index in [0.717, 1.165) is 0 Å². The van der Waals surface area contributed by atoms with E-state index >= 15 is 0 Å². The highest BCUT2D eigenvalue weighted by atomic mass is 35.5. The zero-order valence-electron chi connectivity index (χ0n) is 11.6. The van der Waals surface area contributed by atoms with E-state index in [2.05, 4.69) is 10.1 Å². The van der Waals surface area contributed by atoms with Gasteiger partial charge in [-0.2, -0.15) is 5.10 Å². The Hall–Kier alpha value is -0.860. The van der Waals surface area contributed by atoms with Crippen LogP contribution >= 0.6 is 35.0 Å². The zero-order valence-corrected chi connectivity index (χ0v) is 14.7. The summed E-state index contributed by atoms with van der Waals surface area (Å²) in [6.45, 7) is 1.87. The predicted octanol–water partition coefficient (Wildman–Crippen LogP) is 2.57. The van der Waals surface area contributed by atoms with E-state index < -0.39 is 5.60 Å². The molecule has 0 fully saturated rings. The lowest BCUT2D eigenvalue weighted by Crippen LogP contribution is -2.35. The van der Waals surface area contributed by atoms with E-state index in [1.165, 1.54) is 29.1 Å². The van der Waals surface area contributed by atoms with E-state index in [9.17, 15) is 9.32 Å². The average molecular weight is 378 g/mol. The molecule has 0 radical (unpaired) electrons. The molecule has 0 aliphatic carbocycles. The fraction of sp³-hybridized carbons (Fsp3) is 0.308. The van der Waals surface area contributed by atoms with Crippen molar-refractivity contribution in [2.75, 3.05) is 5.75 Å². The van der Waals surface area contributed by atoms with Crippen molar-refractivity contribution in [1.82, 2.24) is 14.8 Å². The topological polar surface area (TPSA) is 68.0 Å². The van der Waals surface area contributed by atoms with Crippen molar-refractivity contribution >= 4 is 50.4 Å². The summed E-state index contributed by atoms with van der Waals surface area (Å²) in [6, 6.07) is 4.93. The van der Waals surface area contributed by atoms with Crippen molar-refractivity contribution in [3.05, 3.63) is 46.5 Å². The van der Waals surface area contributed by atoms with Gasteiger partial charge in [0.05, 0.1) is 22.0 Å². The minimum atomic E-state index is -1.31. The molecule has 118 valence electrons. The van der Waals surface area contributed by atoms with Crippen LogP contribution in [0.15, 0.2) is 30.9 Å². The largest absolute Gasteiger partial charge is 0.382 e. The number of benzene rings is 1. The molecule has 0 saturated carbocycles. The van der Waals surface area contributed by atoms with Crippen molar-refractivity contribution in [1.29, 1.82) is 0 Å². The fourth-order valence-corrected chi connectivity index (χ4v) is 3.55. The Balaban J connectivity index is 2.37. The molecule has 0 spiro atoms. The van der Waals surface area contributed by atoms with Crippen LogP contribution in [0.3, 0.4) is 0 Å². The third kappa shape index (κ3) is 4.33.